The number of carbonyl (C=O) groups is 1. The summed E-state index contributed by atoms with van der Waals surface area (Å²) >= 11 is 0. The van der Waals surface area contributed by atoms with Crippen molar-refractivity contribution in [2.45, 2.75) is 362 Å². The highest BCUT2D eigenvalue weighted by molar-refractivity contribution is 5.76. The molecular weight excluding hydrogens is 1210 g/mol. The van der Waals surface area contributed by atoms with Crippen molar-refractivity contribution >= 4 is 5.91 Å². The average Bonchev–Trinajstić information content (AvgIpc) is 0.799. The molecule has 0 aromatic heterocycles. The van der Waals surface area contributed by atoms with E-state index in [-0.39, 0.29) is 18.9 Å². The highest BCUT2D eigenvalue weighted by Crippen LogP contribution is 2.33. The Morgan fingerprint density at radius 2 is 0.737 bits per heavy atom. The first-order chi connectivity index (χ1) is 46.3. The van der Waals surface area contributed by atoms with Gasteiger partial charge < -0.3 is 89.9 Å². The van der Waals surface area contributed by atoms with Crippen LogP contribution in [0.3, 0.4) is 0 Å². The van der Waals surface area contributed by atoms with E-state index in [1.165, 1.54) is 154 Å². The van der Waals surface area contributed by atoms with Crippen LogP contribution in [0.5, 0.6) is 0 Å². The summed E-state index contributed by atoms with van der Waals surface area (Å²) in [5.74, 6) is -0.289. The molecular formula is C76H133NO18. The molecule has 0 aliphatic carbocycles. The van der Waals surface area contributed by atoms with Crippen molar-refractivity contribution < 1.29 is 89.4 Å². The van der Waals surface area contributed by atoms with Crippen molar-refractivity contribution in [3.05, 3.63) is 85.1 Å². The fourth-order valence-corrected chi connectivity index (χ4v) is 12.2. The smallest absolute Gasteiger partial charge is 0.220 e. The third-order valence-electron chi connectivity index (χ3n) is 18.2. The maximum Gasteiger partial charge on any atom is 0.220 e. The van der Waals surface area contributed by atoms with Crippen molar-refractivity contribution in [1.29, 1.82) is 0 Å². The maximum atomic E-state index is 13.4. The second-order valence-electron chi connectivity index (χ2n) is 26.4. The van der Waals surface area contributed by atoms with Gasteiger partial charge in [0.1, 0.15) is 73.2 Å². The molecule has 95 heavy (non-hydrogen) atoms. The standard InChI is InChI=1S/C76H133NO18/c1-3-5-7-9-11-13-15-17-19-20-21-22-23-24-25-26-27-28-29-30-31-32-33-34-35-36-37-38-40-42-44-46-48-50-52-54-64(82)77-59(60(81)53-51-49-47-45-43-41-39-18-16-14-12-10-8-6-4-2)58-90-74-70(88)67(85)72(62(56-79)92-74)95-76-71(89)68(86)73(63(57-80)93-76)94-75-69(87)66(84)65(83)61(55-78)91-75/h5,7,11,13,16-19,21-22,43,45,51,53,59-63,65-76,78-81,83-89H,3-4,6,8-10,12,14-15,20,23-42,44,46-50,52,54-58H2,1-2H3,(H,77,82)/b7-5-,13-11-,18-16+,19-17-,22-21-,45-43+,53-51+. The van der Waals surface area contributed by atoms with E-state index >= 15 is 0 Å². The van der Waals surface area contributed by atoms with Crippen LogP contribution in [0.25, 0.3) is 0 Å². The minimum Gasteiger partial charge on any atom is -0.394 e. The molecule has 0 aromatic rings. The Bertz CT molecular complexity index is 2050. The highest BCUT2D eigenvalue weighted by atomic mass is 16.8. The van der Waals surface area contributed by atoms with Crippen molar-refractivity contribution in [3.63, 3.8) is 0 Å². The Balaban J connectivity index is 1.34. The fraction of sp³-hybridized carbons (Fsp3) is 0.803. The predicted molar refractivity (Wildman–Crippen MR) is 374 cm³/mol. The molecule has 0 bridgehead atoms. The summed E-state index contributed by atoms with van der Waals surface area (Å²) in [6.45, 7) is 1.58. The first-order valence-electron chi connectivity index (χ1n) is 37.3. The van der Waals surface area contributed by atoms with E-state index in [0.29, 0.717) is 12.8 Å². The lowest BCUT2D eigenvalue weighted by Crippen LogP contribution is -2.66. The summed E-state index contributed by atoms with van der Waals surface area (Å²) < 4.78 is 34.3. The third kappa shape index (κ3) is 37.8. The third-order valence-corrected chi connectivity index (χ3v) is 18.2. The molecule has 19 nitrogen and oxygen atoms in total. The molecule has 17 unspecified atom stereocenters. The number of unbranched alkanes of at least 4 members (excludes halogenated alkanes) is 29. The minimum atomic E-state index is -1.98. The second kappa shape index (κ2) is 56.7. The summed E-state index contributed by atoms with van der Waals surface area (Å²) in [6, 6.07) is -0.998. The number of hydrogen-bond donors (Lipinski definition) is 12. The normalized spacial score (nSPS) is 27.7. The lowest BCUT2D eigenvalue weighted by atomic mass is 9.96. The number of aliphatic hydroxyl groups is 11. The van der Waals surface area contributed by atoms with Crippen molar-refractivity contribution in [3.8, 4) is 0 Å². The minimum absolute atomic E-state index is 0.231. The van der Waals surface area contributed by atoms with E-state index in [1.54, 1.807) is 6.08 Å². The van der Waals surface area contributed by atoms with E-state index in [1.807, 2.05) is 6.08 Å². The van der Waals surface area contributed by atoms with Gasteiger partial charge in [0.15, 0.2) is 18.9 Å². The molecule has 3 aliphatic heterocycles. The second-order valence-corrected chi connectivity index (χ2v) is 26.4. The van der Waals surface area contributed by atoms with Crippen LogP contribution in [-0.2, 0) is 33.2 Å². The van der Waals surface area contributed by atoms with Crippen molar-refractivity contribution in [2.75, 3.05) is 26.4 Å². The Hall–Kier alpha value is -3.03. The molecule has 12 N–H and O–H groups in total. The molecule has 3 aliphatic rings. The molecule has 1 amide bonds. The van der Waals surface area contributed by atoms with Crippen LogP contribution in [0.1, 0.15) is 258 Å². The zero-order valence-corrected chi connectivity index (χ0v) is 58.4. The summed E-state index contributed by atoms with van der Waals surface area (Å²) in [5, 5.41) is 121. The quantitative estimate of drug-likeness (QED) is 0.0199. The van der Waals surface area contributed by atoms with Gasteiger partial charge in [-0.1, -0.05) is 253 Å². The Morgan fingerprint density at radius 1 is 0.389 bits per heavy atom. The van der Waals surface area contributed by atoms with Gasteiger partial charge in [-0.25, -0.2) is 0 Å². The molecule has 0 radical (unpaired) electrons. The number of ether oxygens (including phenoxy) is 6. The van der Waals surface area contributed by atoms with E-state index < -0.39 is 124 Å². The van der Waals surface area contributed by atoms with Gasteiger partial charge in [0, 0.05) is 6.42 Å². The van der Waals surface area contributed by atoms with Crippen LogP contribution in [0.15, 0.2) is 85.1 Å². The largest absolute Gasteiger partial charge is 0.394 e. The Labute approximate surface area is 571 Å². The first kappa shape index (κ1) is 86.2. The average molecular weight is 1350 g/mol. The van der Waals surface area contributed by atoms with Crippen molar-refractivity contribution in [2.24, 2.45) is 0 Å². The number of allylic oxidation sites excluding steroid dienone is 13. The zero-order chi connectivity index (χ0) is 68.9. The molecule has 0 aromatic carbocycles. The number of rotatable bonds is 57. The molecule has 3 saturated heterocycles. The van der Waals surface area contributed by atoms with E-state index in [4.69, 9.17) is 28.4 Å². The maximum absolute atomic E-state index is 13.4. The number of nitrogens with one attached hydrogen (secondary N) is 1. The van der Waals surface area contributed by atoms with Gasteiger partial charge in [0.25, 0.3) is 0 Å². The van der Waals surface area contributed by atoms with Crippen LogP contribution in [0.4, 0.5) is 0 Å². The monoisotopic (exact) mass is 1350 g/mol. The van der Waals surface area contributed by atoms with Gasteiger partial charge in [-0.15, -0.1) is 0 Å². The number of hydrogen-bond acceptors (Lipinski definition) is 18. The van der Waals surface area contributed by atoms with Gasteiger partial charge in [-0.3, -0.25) is 4.79 Å². The van der Waals surface area contributed by atoms with Crippen LogP contribution in [0, 0.1) is 0 Å². The van der Waals surface area contributed by atoms with Gasteiger partial charge >= 0.3 is 0 Å². The molecule has 3 rings (SSSR count). The predicted octanol–water partition coefficient (Wildman–Crippen LogP) is 11.1. The van der Waals surface area contributed by atoms with Crippen LogP contribution < -0.4 is 5.32 Å². The fourth-order valence-electron chi connectivity index (χ4n) is 12.2. The SMILES string of the molecule is CC/C=C\C/C=C\C/C=C\C/C=C\CCCCCCCCCCCCCCCCCCCCCCCCC(=O)NC(COC1OC(CO)C(OC2OC(CO)C(OC3OC(CO)C(O)C(O)C3O)C(O)C2O)C(O)C1O)C(O)/C=C/CC/C=C/CC/C=C/CCCCCCC. The summed E-state index contributed by atoms with van der Waals surface area (Å²) in [5.41, 5.74) is 0. The molecule has 3 heterocycles. The lowest BCUT2D eigenvalue weighted by Gasteiger charge is -2.48. The van der Waals surface area contributed by atoms with E-state index in [9.17, 15) is 61.0 Å². The van der Waals surface area contributed by atoms with Crippen LogP contribution in [0.2, 0.25) is 0 Å². The molecule has 550 valence electrons. The number of carbonyl (C=O) groups excluding carboxylic acids is 1. The topological polar surface area (TPSA) is 307 Å². The Morgan fingerprint density at radius 3 is 1.18 bits per heavy atom. The summed E-state index contributed by atoms with van der Waals surface area (Å²) in [4.78, 5) is 13.4. The van der Waals surface area contributed by atoms with Gasteiger partial charge in [0.2, 0.25) is 5.91 Å². The molecule has 19 heteroatoms. The van der Waals surface area contributed by atoms with Crippen LogP contribution >= 0.6 is 0 Å². The van der Waals surface area contributed by atoms with Crippen molar-refractivity contribution in [1.82, 2.24) is 5.32 Å². The molecule has 17 atom stereocenters. The number of amides is 1. The lowest BCUT2D eigenvalue weighted by molar-refractivity contribution is -0.379. The summed E-state index contributed by atoms with van der Waals surface area (Å²) in [6.07, 6.45) is 47.3. The van der Waals surface area contributed by atoms with E-state index in [2.05, 4.69) is 92.1 Å². The summed E-state index contributed by atoms with van der Waals surface area (Å²) in [7, 11) is 0. The highest BCUT2D eigenvalue weighted by Gasteiger charge is 2.53. The Kier molecular flexibility index (Phi) is 51.4. The number of aliphatic hydroxyl groups excluding tert-OH is 11. The molecule has 0 spiro atoms. The van der Waals surface area contributed by atoms with Crippen LogP contribution in [-0.4, -0.2) is 193 Å². The van der Waals surface area contributed by atoms with Gasteiger partial charge in [-0.05, 0) is 83.5 Å². The molecule has 0 saturated carbocycles. The first-order valence-corrected chi connectivity index (χ1v) is 37.3. The molecule has 3 fully saturated rings. The van der Waals surface area contributed by atoms with Gasteiger partial charge in [0.05, 0.1) is 38.6 Å². The zero-order valence-electron chi connectivity index (χ0n) is 58.4. The van der Waals surface area contributed by atoms with E-state index in [0.717, 1.165) is 70.6 Å². The van der Waals surface area contributed by atoms with Gasteiger partial charge in [-0.2, -0.15) is 0 Å².